The second kappa shape index (κ2) is 8.13. The maximum absolute atomic E-state index is 13.8. The van der Waals surface area contributed by atoms with Gasteiger partial charge in [-0.1, -0.05) is 35.3 Å². The quantitative estimate of drug-likeness (QED) is 0.460. The Kier molecular flexibility index (Phi) is 6.24. The molecule has 4 nitrogen and oxygen atoms in total. The second-order valence-corrected chi connectivity index (χ2v) is 8.02. The van der Waals surface area contributed by atoms with Gasteiger partial charge in [-0.05, 0) is 41.8 Å². The van der Waals surface area contributed by atoms with E-state index in [1.54, 1.807) is 6.07 Å². The van der Waals surface area contributed by atoms with Crippen molar-refractivity contribution >= 4 is 29.0 Å². The zero-order valence-electron chi connectivity index (χ0n) is 16.1. The highest BCUT2D eigenvalue weighted by atomic mass is 35.5. The maximum Gasteiger partial charge on any atom is 0.421 e. The highest BCUT2D eigenvalue weighted by molar-refractivity contribution is 6.34. The lowest BCUT2D eigenvalue weighted by Crippen LogP contribution is -2.44. The Morgan fingerprint density at radius 1 is 1.10 bits per heavy atom. The van der Waals surface area contributed by atoms with Crippen molar-refractivity contribution in [1.82, 2.24) is 0 Å². The Balaban J connectivity index is 1.97. The zero-order valence-corrected chi connectivity index (χ0v) is 17.7. The van der Waals surface area contributed by atoms with E-state index in [2.05, 4.69) is 0 Å². The molecule has 0 spiro atoms. The van der Waals surface area contributed by atoms with Gasteiger partial charge in [0.25, 0.3) is 0 Å². The van der Waals surface area contributed by atoms with E-state index < -0.39 is 35.3 Å². The Morgan fingerprint density at radius 3 is 2.23 bits per heavy atom. The minimum absolute atomic E-state index is 0.0487. The summed E-state index contributed by atoms with van der Waals surface area (Å²) in [4.78, 5) is 12.8. The number of benzene rings is 2. The van der Waals surface area contributed by atoms with E-state index in [1.807, 2.05) is 0 Å². The van der Waals surface area contributed by atoms with E-state index in [0.717, 1.165) is 23.3 Å². The van der Waals surface area contributed by atoms with E-state index in [1.165, 1.54) is 32.4 Å². The van der Waals surface area contributed by atoms with Gasteiger partial charge >= 0.3 is 6.18 Å². The summed E-state index contributed by atoms with van der Waals surface area (Å²) in [6.45, 7) is 0. The number of fused-ring (bicyclic) bond motifs is 1. The van der Waals surface area contributed by atoms with Crippen LogP contribution in [-0.2, 0) is 27.3 Å². The maximum atomic E-state index is 13.8. The molecule has 0 aromatic heterocycles. The van der Waals surface area contributed by atoms with Gasteiger partial charge in [-0.2, -0.15) is 13.2 Å². The van der Waals surface area contributed by atoms with Gasteiger partial charge < -0.3 is 14.6 Å². The van der Waals surface area contributed by atoms with Crippen molar-refractivity contribution < 1.29 is 32.5 Å². The third-order valence-electron chi connectivity index (χ3n) is 5.45. The van der Waals surface area contributed by atoms with Crippen molar-refractivity contribution in [3.05, 3.63) is 68.7 Å². The molecule has 1 aliphatic rings. The molecule has 0 radical (unpaired) electrons. The molecule has 0 unspecified atom stereocenters. The molecule has 1 atom stereocenters. The summed E-state index contributed by atoms with van der Waals surface area (Å²) in [5.74, 6) is -1.82. The predicted octanol–water partition coefficient (Wildman–Crippen LogP) is 5.41. The van der Waals surface area contributed by atoms with Crippen LogP contribution in [0.2, 0.25) is 10.0 Å². The summed E-state index contributed by atoms with van der Waals surface area (Å²) >= 11 is 11.6. The lowest BCUT2D eigenvalue weighted by Gasteiger charge is -2.31. The van der Waals surface area contributed by atoms with E-state index >= 15 is 0 Å². The topological polar surface area (TPSA) is 55.8 Å². The molecule has 3 rings (SSSR count). The number of ether oxygens (including phenoxy) is 2. The summed E-state index contributed by atoms with van der Waals surface area (Å²) in [7, 11) is 2.99. The van der Waals surface area contributed by atoms with Crippen molar-refractivity contribution in [3.8, 4) is 0 Å². The Bertz CT molecular complexity index is 953. The van der Waals surface area contributed by atoms with Gasteiger partial charge in [0.05, 0.1) is 6.42 Å². The van der Waals surface area contributed by atoms with E-state index in [9.17, 15) is 23.1 Å². The van der Waals surface area contributed by atoms with Crippen molar-refractivity contribution in [2.24, 2.45) is 0 Å². The Labute approximate surface area is 181 Å². The third kappa shape index (κ3) is 3.97. The average molecular weight is 463 g/mol. The summed E-state index contributed by atoms with van der Waals surface area (Å²) in [6, 6.07) is 7.65. The molecule has 2 aromatic rings. The number of hydrogen-bond donors (Lipinski definition) is 1. The molecule has 0 bridgehead atoms. The molecule has 9 heteroatoms. The molecular weight excluding hydrogens is 444 g/mol. The number of Topliss-reactive ketones (excluding diaryl/α,β-unsaturated/α-hetero) is 1. The van der Waals surface area contributed by atoms with Crippen LogP contribution >= 0.6 is 23.2 Å². The number of hydrogen-bond acceptors (Lipinski definition) is 4. The molecule has 0 amide bonds. The van der Waals surface area contributed by atoms with Gasteiger partial charge in [0.1, 0.15) is 0 Å². The fourth-order valence-corrected chi connectivity index (χ4v) is 4.31. The van der Waals surface area contributed by atoms with Crippen LogP contribution in [0.4, 0.5) is 13.2 Å². The standard InChI is InChI=1S/C21H19Cl2F3O4/c1-29-20(30-2)6-5-12-7-13(3-4-17(12)20)18(27)11-19(28,21(24,25)26)14-8-15(22)10-16(23)9-14/h3-4,7-10,28H,5-6,11H2,1-2H3/t19-/m1/s1. The number of carbonyl (C=O) groups excluding carboxylic acids is 1. The fraction of sp³-hybridized carbons (Fsp3) is 0.381. The van der Waals surface area contributed by atoms with Crippen LogP contribution in [0.25, 0.3) is 0 Å². The van der Waals surface area contributed by atoms with Crippen LogP contribution in [0, 0.1) is 0 Å². The van der Waals surface area contributed by atoms with E-state index in [4.69, 9.17) is 32.7 Å². The SMILES string of the molecule is COC1(OC)CCc2cc(C(=O)C[C@@](O)(c3cc(Cl)cc(Cl)c3)C(F)(F)F)ccc21. The lowest BCUT2D eigenvalue weighted by molar-refractivity contribution is -0.264. The number of alkyl halides is 3. The van der Waals surface area contributed by atoms with E-state index in [-0.39, 0.29) is 15.6 Å². The first-order valence-corrected chi connectivity index (χ1v) is 9.74. The van der Waals surface area contributed by atoms with Crippen LogP contribution in [0.5, 0.6) is 0 Å². The second-order valence-electron chi connectivity index (χ2n) is 7.15. The summed E-state index contributed by atoms with van der Waals surface area (Å²) in [5.41, 5.74) is -2.53. The number of ketones is 1. The number of halogens is 5. The largest absolute Gasteiger partial charge is 0.421 e. The average Bonchev–Trinajstić information content (AvgIpc) is 3.04. The highest BCUT2D eigenvalue weighted by Gasteiger charge is 2.56. The molecule has 0 fully saturated rings. The summed E-state index contributed by atoms with van der Waals surface area (Å²) in [5, 5.41) is 10.4. The smallest absolute Gasteiger partial charge is 0.376 e. The van der Waals surface area contributed by atoms with Gasteiger partial charge in [0, 0.05) is 41.8 Å². The number of aryl methyl sites for hydroxylation is 1. The molecule has 0 saturated heterocycles. The predicted molar refractivity (Wildman–Crippen MR) is 106 cm³/mol. The van der Waals surface area contributed by atoms with Crippen molar-refractivity contribution in [2.45, 2.75) is 36.8 Å². The molecule has 2 aromatic carbocycles. The van der Waals surface area contributed by atoms with Crippen molar-refractivity contribution in [3.63, 3.8) is 0 Å². The summed E-state index contributed by atoms with van der Waals surface area (Å²) in [6.07, 6.45) is -5.30. The van der Waals surface area contributed by atoms with Crippen LogP contribution in [0.3, 0.4) is 0 Å². The van der Waals surface area contributed by atoms with Crippen molar-refractivity contribution in [2.75, 3.05) is 14.2 Å². The first-order valence-electron chi connectivity index (χ1n) is 8.98. The van der Waals surface area contributed by atoms with E-state index in [0.29, 0.717) is 12.8 Å². The molecule has 0 aliphatic heterocycles. The summed E-state index contributed by atoms with van der Waals surface area (Å²) < 4.78 is 52.4. The van der Waals surface area contributed by atoms with Crippen LogP contribution < -0.4 is 0 Å². The highest BCUT2D eigenvalue weighted by Crippen LogP contribution is 2.45. The fourth-order valence-electron chi connectivity index (χ4n) is 3.78. The lowest BCUT2D eigenvalue weighted by atomic mass is 9.86. The van der Waals surface area contributed by atoms with Gasteiger partial charge in [0.15, 0.2) is 17.2 Å². The molecule has 1 N–H and O–H groups in total. The minimum atomic E-state index is -5.13. The normalized spacial score (nSPS) is 17.5. The molecule has 0 heterocycles. The van der Waals surface area contributed by atoms with Crippen molar-refractivity contribution in [1.29, 1.82) is 0 Å². The number of aliphatic hydroxyl groups is 1. The molecule has 162 valence electrons. The van der Waals surface area contributed by atoms with Gasteiger partial charge in [0.2, 0.25) is 0 Å². The molecular formula is C21H19Cl2F3O4. The number of carbonyl (C=O) groups is 1. The Hall–Kier alpha value is -1.64. The van der Waals surface area contributed by atoms with Crippen LogP contribution in [0.1, 0.15) is 39.9 Å². The minimum Gasteiger partial charge on any atom is -0.376 e. The Morgan fingerprint density at radius 2 is 1.70 bits per heavy atom. The zero-order chi connectivity index (χ0) is 22.3. The third-order valence-corrected chi connectivity index (χ3v) is 5.88. The van der Waals surface area contributed by atoms with Gasteiger partial charge in [-0.15, -0.1) is 0 Å². The monoisotopic (exact) mass is 462 g/mol. The first kappa shape index (κ1) is 23.0. The molecule has 30 heavy (non-hydrogen) atoms. The number of rotatable bonds is 6. The molecule has 0 saturated carbocycles. The van der Waals surface area contributed by atoms with Crippen LogP contribution in [0.15, 0.2) is 36.4 Å². The molecule has 1 aliphatic carbocycles. The van der Waals surface area contributed by atoms with Crippen LogP contribution in [-0.4, -0.2) is 31.3 Å². The van der Waals surface area contributed by atoms with Gasteiger partial charge in [-0.25, -0.2) is 0 Å². The number of methoxy groups -OCH3 is 2. The first-order chi connectivity index (χ1) is 14.0. The van der Waals surface area contributed by atoms with Gasteiger partial charge in [-0.3, -0.25) is 4.79 Å².